The number of aliphatic hydroxyl groups is 2. The molecule has 2 amide bonds. The van der Waals surface area contributed by atoms with Gasteiger partial charge in [-0.15, -0.1) is 0 Å². The van der Waals surface area contributed by atoms with Crippen LogP contribution in [0.25, 0.3) is 0 Å². The number of likely N-dealkylation sites (tertiary alicyclic amines) is 1. The lowest BCUT2D eigenvalue weighted by Crippen LogP contribution is -2.50. The Balaban J connectivity index is 2.22. The number of hydrogen-bond acceptors (Lipinski definition) is 4. The van der Waals surface area contributed by atoms with Crippen molar-refractivity contribution in [1.29, 1.82) is 5.26 Å². The van der Waals surface area contributed by atoms with Gasteiger partial charge in [0.05, 0.1) is 29.8 Å². The average Bonchev–Trinajstić information content (AvgIpc) is 3.13. The van der Waals surface area contributed by atoms with Crippen LogP contribution in [-0.4, -0.2) is 53.0 Å². The number of nitriles is 1. The van der Waals surface area contributed by atoms with E-state index in [9.17, 15) is 15.2 Å². The fraction of sp³-hybridized carbons (Fsp3) is 0.481. The Hall–Kier alpha value is -2.44. The molecule has 0 aromatic heterocycles. The average molecular weight is 554 g/mol. The molecule has 6 nitrogen and oxygen atoms in total. The van der Waals surface area contributed by atoms with Crippen LogP contribution in [0.15, 0.2) is 36.4 Å². The molecule has 37 heavy (non-hydrogen) atoms. The van der Waals surface area contributed by atoms with Crippen molar-refractivity contribution in [1.82, 2.24) is 10.2 Å². The monoisotopic (exact) mass is 553 g/mol. The van der Waals surface area contributed by atoms with Crippen LogP contribution in [0.1, 0.15) is 50.7 Å². The molecule has 1 heterocycles. The van der Waals surface area contributed by atoms with Crippen LogP contribution in [0.5, 0.6) is 0 Å². The fourth-order valence-electron chi connectivity index (χ4n) is 5.10. The number of nitrogens with one attached hydrogen (secondary N) is 1. The van der Waals surface area contributed by atoms with Crippen LogP contribution in [0.2, 0.25) is 10.0 Å². The molecule has 1 fully saturated rings. The summed E-state index contributed by atoms with van der Waals surface area (Å²) in [5.41, 5.74) is -1.95. The Kier molecular flexibility index (Phi) is 9.07. The predicted molar refractivity (Wildman–Crippen MR) is 139 cm³/mol. The van der Waals surface area contributed by atoms with E-state index in [4.69, 9.17) is 28.3 Å². The van der Waals surface area contributed by atoms with Gasteiger partial charge in [0.2, 0.25) is 0 Å². The summed E-state index contributed by atoms with van der Waals surface area (Å²) in [6.07, 6.45) is -0.589. The largest absolute Gasteiger partial charge is 0.394 e. The molecule has 3 rings (SSSR count). The molecule has 0 radical (unpaired) electrons. The smallest absolute Gasteiger partial charge is 0.317 e. The minimum absolute atomic E-state index is 0.0176. The highest BCUT2D eigenvalue weighted by Crippen LogP contribution is 2.53. The number of nitrogens with zero attached hydrogens (tertiary/aromatic N) is 2. The van der Waals surface area contributed by atoms with Crippen LogP contribution in [0.3, 0.4) is 0 Å². The first kappa shape index (κ1) is 29.1. The standard InChI is InChI=1S/C27H31Cl2F2N3O3/c1-26(2,3)12-23-27(15-32,19-8-7-16(28)11-22(19)30)20(18-5-4-6-21(29)24(18)31)13-34(23)25(37)33-10-9-17(36)14-35/h4-8,11,17,20,23,35-36H,9-10,12-14H2,1-3H3,(H,33,37)/t17-,20+,23-,27+/m0/s1. The van der Waals surface area contributed by atoms with Gasteiger partial charge in [-0.2, -0.15) is 5.26 Å². The second kappa shape index (κ2) is 11.5. The third-order valence-electron chi connectivity index (χ3n) is 6.78. The van der Waals surface area contributed by atoms with Crippen LogP contribution in [0.4, 0.5) is 13.6 Å². The van der Waals surface area contributed by atoms with Crippen LogP contribution >= 0.6 is 23.2 Å². The normalized spacial score (nSPS) is 22.5. The molecular formula is C27H31Cl2F2N3O3. The highest BCUT2D eigenvalue weighted by Gasteiger charge is 2.60. The highest BCUT2D eigenvalue weighted by molar-refractivity contribution is 6.31. The first-order chi connectivity index (χ1) is 17.4. The molecule has 0 spiro atoms. The van der Waals surface area contributed by atoms with Crippen LogP contribution < -0.4 is 5.32 Å². The third kappa shape index (κ3) is 6.01. The van der Waals surface area contributed by atoms with E-state index in [1.165, 1.54) is 29.2 Å². The van der Waals surface area contributed by atoms with E-state index < -0.39 is 53.2 Å². The lowest BCUT2D eigenvalue weighted by Gasteiger charge is -2.39. The van der Waals surface area contributed by atoms with Crippen molar-refractivity contribution in [3.8, 4) is 6.07 Å². The Morgan fingerprint density at radius 2 is 2.00 bits per heavy atom. The Morgan fingerprint density at radius 3 is 2.59 bits per heavy atom. The third-order valence-corrected chi connectivity index (χ3v) is 7.31. The number of hydrogen-bond donors (Lipinski definition) is 3. The maximum Gasteiger partial charge on any atom is 0.317 e. The van der Waals surface area contributed by atoms with Crippen molar-refractivity contribution < 1.29 is 23.8 Å². The molecule has 1 aliphatic heterocycles. The fourth-order valence-corrected chi connectivity index (χ4v) is 5.44. The van der Waals surface area contributed by atoms with Crippen molar-refractivity contribution in [3.63, 3.8) is 0 Å². The summed E-state index contributed by atoms with van der Waals surface area (Å²) in [6, 6.07) is 9.35. The molecule has 0 aliphatic carbocycles. The van der Waals surface area contributed by atoms with Gasteiger partial charge in [-0.25, -0.2) is 13.6 Å². The first-order valence-electron chi connectivity index (χ1n) is 12.0. The number of halogens is 4. The van der Waals surface area contributed by atoms with Gasteiger partial charge < -0.3 is 20.4 Å². The van der Waals surface area contributed by atoms with Crippen molar-refractivity contribution in [2.45, 2.75) is 57.1 Å². The predicted octanol–water partition coefficient (Wildman–Crippen LogP) is 5.39. The minimum Gasteiger partial charge on any atom is -0.394 e. The van der Waals surface area contributed by atoms with E-state index in [-0.39, 0.29) is 40.7 Å². The topological polar surface area (TPSA) is 96.6 Å². The van der Waals surface area contributed by atoms with Gasteiger partial charge in [0.25, 0.3) is 0 Å². The van der Waals surface area contributed by atoms with E-state index in [1.807, 2.05) is 20.8 Å². The quantitative estimate of drug-likeness (QED) is 0.428. The van der Waals surface area contributed by atoms with Crippen LogP contribution in [-0.2, 0) is 5.41 Å². The molecule has 4 atom stereocenters. The first-order valence-corrected chi connectivity index (χ1v) is 12.8. The molecule has 1 aliphatic rings. The molecule has 1 saturated heterocycles. The van der Waals surface area contributed by atoms with Crippen molar-refractivity contribution in [3.05, 3.63) is 69.2 Å². The summed E-state index contributed by atoms with van der Waals surface area (Å²) >= 11 is 12.1. The Bertz CT molecular complexity index is 1180. The molecule has 3 N–H and O–H groups in total. The lowest BCUT2D eigenvalue weighted by molar-refractivity contribution is 0.0879. The summed E-state index contributed by atoms with van der Waals surface area (Å²) < 4.78 is 31.0. The van der Waals surface area contributed by atoms with E-state index in [1.54, 1.807) is 6.07 Å². The van der Waals surface area contributed by atoms with Crippen molar-refractivity contribution in [2.75, 3.05) is 19.7 Å². The van der Waals surface area contributed by atoms with Gasteiger partial charge in [-0.05, 0) is 42.0 Å². The maximum absolute atomic E-state index is 15.5. The number of urea groups is 1. The van der Waals surface area contributed by atoms with E-state index >= 15 is 8.78 Å². The zero-order valence-electron chi connectivity index (χ0n) is 20.9. The van der Waals surface area contributed by atoms with Crippen molar-refractivity contribution >= 4 is 29.2 Å². The summed E-state index contributed by atoms with van der Waals surface area (Å²) in [5.74, 6) is -2.41. The van der Waals surface area contributed by atoms with Gasteiger partial charge >= 0.3 is 6.03 Å². The molecular weight excluding hydrogens is 523 g/mol. The zero-order chi connectivity index (χ0) is 27.5. The van der Waals surface area contributed by atoms with Crippen molar-refractivity contribution in [2.24, 2.45) is 5.41 Å². The van der Waals surface area contributed by atoms with E-state index in [0.717, 1.165) is 6.07 Å². The molecule has 0 saturated carbocycles. The van der Waals surface area contributed by atoms with Gasteiger partial charge in [0.1, 0.15) is 17.0 Å². The summed E-state index contributed by atoms with van der Waals surface area (Å²) in [5, 5.41) is 32.2. The lowest BCUT2D eigenvalue weighted by atomic mass is 9.64. The number of benzene rings is 2. The molecule has 0 bridgehead atoms. The molecule has 2 aromatic carbocycles. The van der Waals surface area contributed by atoms with Crippen LogP contribution in [0, 0.1) is 28.4 Å². The van der Waals surface area contributed by atoms with E-state index in [0.29, 0.717) is 6.42 Å². The number of carbonyl (C=O) groups is 1. The minimum atomic E-state index is -1.67. The van der Waals surface area contributed by atoms with Gasteiger partial charge in [-0.3, -0.25) is 0 Å². The van der Waals surface area contributed by atoms with Gasteiger partial charge in [-0.1, -0.05) is 62.2 Å². The number of carbonyl (C=O) groups excluding carboxylic acids is 1. The molecule has 10 heteroatoms. The zero-order valence-corrected chi connectivity index (χ0v) is 22.5. The van der Waals surface area contributed by atoms with Gasteiger partial charge in [0.15, 0.2) is 0 Å². The number of rotatable bonds is 7. The Morgan fingerprint density at radius 1 is 1.30 bits per heavy atom. The molecule has 0 unspecified atom stereocenters. The molecule has 200 valence electrons. The Labute approximate surface area is 225 Å². The maximum atomic E-state index is 15.5. The summed E-state index contributed by atoms with van der Waals surface area (Å²) in [4.78, 5) is 14.9. The number of aliphatic hydroxyl groups excluding tert-OH is 2. The second-order valence-corrected chi connectivity index (χ2v) is 11.4. The van der Waals surface area contributed by atoms with Gasteiger partial charge in [0, 0.05) is 29.6 Å². The van der Waals surface area contributed by atoms with E-state index in [2.05, 4.69) is 11.4 Å². The second-order valence-electron chi connectivity index (χ2n) is 10.6. The SMILES string of the molecule is CC(C)(C)C[C@@H]1N(C(=O)NCC[C@H](O)CO)C[C@H](c2cccc(Cl)c2F)[C@@]1(C#N)c1ccc(Cl)cc1F. The molecule has 2 aromatic rings. The summed E-state index contributed by atoms with van der Waals surface area (Å²) in [7, 11) is 0. The number of amides is 2. The summed E-state index contributed by atoms with van der Waals surface area (Å²) in [6.45, 7) is 5.35. The highest BCUT2D eigenvalue weighted by atomic mass is 35.5.